The number of likely N-dealkylation sites (tertiary alicyclic amines) is 1. The van der Waals surface area contributed by atoms with Crippen molar-refractivity contribution < 1.29 is 10.2 Å². The normalized spacial score (nSPS) is 22.5. The quantitative estimate of drug-likeness (QED) is 0.806. The average molecular weight is 284 g/mol. The van der Waals surface area contributed by atoms with Gasteiger partial charge in [0.05, 0.1) is 0 Å². The van der Waals surface area contributed by atoms with Gasteiger partial charge in [-0.1, -0.05) is 36.4 Å². The minimum absolute atomic E-state index is 0.0464. The van der Waals surface area contributed by atoms with Gasteiger partial charge in [0.1, 0.15) is 11.5 Å². The molecular formula is C17H20N2O2. The van der Waals surface area contributed by atoms with Crippen LogP contribution < -0.4 is 5.73 Å². The second kappa shape index (κ2) is 5.76. The predicted octanol–water partition coefficient (Wildman–Crippen LogP) is 2.02. The molecule has 4 nitrogen and oxygen atoms in total. The molecule has 0 aliphatic carbocycles. The van der Waals surface area contributed by atoms with Gasteiger partial charge in [-0.05, 0) is 17.7 Å². The number of aromatic hydroxyl groups is 2. The van der Waals surface area contributed by atoms with Crippen molar-refractivity contribution >= 4 is 0 Å². The molecule has 0 bridgehead atoms. The zero-order chi connectivity index (χ0) is 14.8. The lowest BCUT2D eigenvalue weighted by Gasteiger charge is -2.18. The summed E-state index contributed by atoms with van der Waals surface area (Å²) in [5, 5.41) is 20.0. The Hall–Kier alpha value is -2.04. The van der Waals surface area contributed by atoms with Crippen molar-refractivity contribution in [3.8, 4) is 11.5 Å². The zero-order valence-electron chi connectivity index (χ0n) is 11.8. The summed E-state index contributed by atoms with van der Waals surface area (Å²) in [6.45, 7) is 2.33. The first kappa shape index (κ1) is 13.9. The molecule has 2 aromatic rings. The van der Waals surface area contributed by atoms with E-state index in [4.69, 9.17) is 5.73 Å². The molecule has 0 aromatic heterocycles. The van der Waals surface area contributed by atoms with E-state index in [1.165, 1.54) is 5.56 Å². The molecule has 1 aliphatic heterocycles. The van der Waals surface area contributed by atoms with E-state index < -0.39 is 0 Å². The highest BCUT2D eigenvalue weighted by atomic mass is 16.3. The maximum absolute atomic E-state index is 10.0. The maximum atomic E-state index is 10.0. The molecule has 1 fully saturated rings. The van der Waals surface area contributed by atoms with Gasteiger partial charge in [-0.3, -0.25) is 4.90 Å². The van der Waals surface area contributed by atoms with E-state index in [-0.39, 0.29) is 23.5 Å². The number of hydrogen-bond acceptors (Lipinski definition) is 4. The van der Waals surface area contributed by atoms with Crippen molar-refractivity contribution in [1.82, 2.24) is 4.90 Å². The molecule has 3 rings (SSSR count). The summed E-state index contributed by atoms with van der Waals surface area (Å²) in [4.78, 5) is 2.26. The number of nitrogens with zero attached hydrogens (tertiary/aromatic N) is 1. The molecule has 21 heavy (non-hydrogen) atoms. The second-order valence-corrected chi connectivity index (χ2v) is 5.66. The van der Waals surface area contributed by atoms with Gasteiger partial charge in [0.15, 0.2) is 0 Å². The van der Waals surface area contributed by atoms with E-state index in [1.807, 2.05) is 18.2 Å². The van der Waals surface area contributed by atoms with Gasteiger partial charge in [-0.25, -0.2) is 0 Å². The Bertz CT molecular complexity index is 595. The molecule has 2 atom stereocenters. The summed E-state index contributed by atoms with van der Waals surface area (Å²) in [6, 6.07) is 15.0. The van der Waals surface area contributed by atoms with Gasteiger partial charge >= 0.3 is 0 Å². The molecule has 0 spiro atoms. The van der Waals surface area contributed by atoms with Crippen LogP contribution in [0.4, 0.5) is 0 Å². The third kappa shape index (κ3) is 2.86. The predicted molar refractivity (Wildman–Crippen MR) is 82.2 cm³/mol. The zero-order valence-corrected chi connectivity index (χ0v) is 11.8. The Morgan fingerprint density at radius 1 is 0.952 bits per heavy atom. The topological polar surface area (TPSA) is 69.7 Å². The molecule has 110 valence electrons. The minimum Gasteiger partial charge on any atom is -0.508 e. The van der Waals surface area contributed by atoms with Gasteiger partial charge in [0.2, 0.25) is 0 Å². The van der Waals surface area contributed by atoms with E-state index in [0.29, 0.717) is 5.56 Å². The average Bonchev–Trinajstić information content (AvgIpc) is 2.80. The van der Waals surface area contributed by atoms with Gasteiger partial charge in [-0.15, -0.1) is 0 Å². The smallest absolute Gasteiger partial charge is 0.122 e. The first-order chi connectivity index (χ1) is 10.1. The molecule has 2 unspecified atom stereocenters. The van der Waals surface area contributed by atoms with Crippen LogP contribution in [0.15, 0.2) is 48.5 Å². The van der Waals surface area contributed by atoms with Crippen molar-refractivity contribution in [3.05, 3.63) is 59.7 Å². The molecule has 0 radical (unpaired) electrons. The summed E-state index contributed by atoms with van der Waals surface area (Å²) in [6.07, 6.45) is 0. The van der Waals surface area contributed by atoms with Crippen LogP contribution in [-0.2, 0) is 6.54 Å². The van der Waals surface area contributed by atoms with Crippen LogP contribution in [0.1, 0.15) is 17.0 Å². The van der Waals surface area contributed by atoms with E-state index in [1.54, 1.807) is 18.2 Å². The van der Waals surface area contributed by atoms with Gasteiger partial charge in [-0.2, -0.15) is 0 Å². The Balaban J connectivity index is 1.77. The Labute approximate surface area is 124 Å². The SMILES string of the molecule is NC1CN(Cc2ccccc2)CC1c1c(O)cccc1O. The fraction of sp³-hybridized carbons (Fsp3) is 0.294. The summed E-state index contributed by atoms with van der Waals surface area (Å²) < 4.78 is 0. The molecule has 4 N–H and O–H groups in total. The van der Waals surface area contributed by atoms with E-state index in [0.717, 1.165) is 19.6 Å². The summed E-state index contributed by atoms with van der Waals surface area (Å²) in [5.74, 6) is 0.198. The molecule has 2 aromatic carbocycles. The summed E-state index contributed by atoms with van der Waals surface area (Å²) in [5.41, 5.74) is 8.04. The van der Waals surface area contributed by atoms with Crippen LogP contribution in [0.25, 0.3) is 0 Å². The molecule has 4 heteroatoms. The lowest BCUT2D eigenvalue weighted by molar-refractivity contribution is 0.322. The third-order valence-corrected chi connectivity index (χ3v) is 4.12. The summed E-state index contributed by atoms with van der Waals surface area (Å²) >= 11 is 0. The second-order valence-electron chi connectivity index (χ2n) is 5.66. The van der Waals surface area contributed by atoms with Crippen LogP contribution in [-0.4, -0.2) is 34.2 Å². The van der Waals surface area contributed by atoms with Crippen molar-refractivity contribution in [2.45, 2.75) is 18.5 Å². The first-order valence-electron chi connectivity index (χ1n) is 7.18. The molecule has 1 heterocycles. The number of nitrogens with two attached hydrogens (primary N) is 1. The number of benzene rings is 2. The molecule has 1 saturated heterocycles. The number of phenols is 2. The lowest BCUT2D eigenvalue weighted by Crippen LogP contribution is -2.28. The van der Waals surface area contributed by atoms with Crippen molar-refractivity contribution in [2.24, 2.45) is 5.73 Å². The van der Waals surface area contributed by atoms with E-state index >= 15 is 0 Å². The van der Waals surface area contributed by atoms with E-state index in [2.05, 4.69) is 17.0 Å². The van der Waals surface area contributed by atoms with Crippen LogP contribution in [0.2, 0.25) is 0 Å². The number of rotatable bonds is 3. The van der Waals surface area contributed by atoms with E-state index in [9.17, 15) is 10.2 Å². The van der Waals surface area contributed by atoms with Crippen molar-refractivity contribution in [1.29, 1.82) is 0 Å². The Morgan fingerprint density at radius 3 is 2.29 bits per heavy atom. The molecule has 0 amide bonds. The highest BCUT2D eigenvalue weighted by Gasteiger charge is 2.34. The van der Waals surface area contributed by atoms with Gasteiger partial charge in [0, 0.05) is 37.2 Å². The molecular weight excluding hydrogens is 264 g/mol. The van der Waals surface area contributed by atoms with Gasteiger partial charge < -0.3 is 15.9 Å². The van der Waals surface area contributed by atoms with Gasteiger partial charge in [0.25, 0.3) is 0 Å². The first-order valence-corrected chi connectivity index (χ1v) is 7.18. The molecule has 1 aliphatic rings. The van der Waals surface area contributed by atoms with Crippen molar-refractivity contribution in [2.75, 3.05) is 13.1 Å². The van der Waals surface area contributed by atoms with Crippen LogP contribution in [0.5, 0.6) is 11.5 Å². The number of phenolic OH excluding ortho intramolecular Hbond substituents is 2. The summed E-state index contributed by atoms with van der Waals surface area (Å²) in [7, 11) is 0. The fourth-order valence-corrected chi connectivity index (χ4v) is 3.11. The minimum atomic E-state index is -0.0899. The van der Waals surface area contributed by atoms with Crippen LogP contribution >= 0.6 is 0 Å². The molecule has 0 saturated carbocycles. The lowest BCUT2D eigenvalue weighted by atomic mass is 9.93. The van der Waals surface area contributed by atoms with Crippen LogP contribution in [0, 0.1) is 0 Å². The highest BCUT2D eigenvalue weighted by molar-refractivity contribution is 5.47. The van der Waals surface area contributed by atoms with Crippen LogP contribution in [0.3, 0.4) is 0 Å². The number of hydrogen-bond donors (Lipinski definition) is 3. The largest absolute Gasteiger partial charge is 0.508 e. The standard InChI is InChI=1S/C17H20N2O2/c18-14-11-19(9-12-5-2-1-3-6-12)10-13(14)17-15(20)7-4-8-16(17)21/h1-8,13-14,20-21H,9-11,18H2. The monoisotopic (exact) mass is 284 g/mol. The fourth-order valence-electron chi connectivity index (χ4n) is 3.11. The highest BCUT2D eigenvalue weighted by Crippen LogP contribution is 2.38. The Morgan fingerprint density at radius 2 is 1.62 bits per heavy atom. The maximum Gasteiger partial charge on any atom is 0.122 e. The van der Waals surface area contributed by atoms with Crippen molar-refractivity contribution in [3.63, 3.8) is 0 Å². The Kier molecular flexibility index (Phi) is 3.82. The third-order valence-electron chi connectivity index (χ3n) is 4.12.